The van der Waals surface area contributed by atoms with E-state index in [4.69, 9.17) is 4.74 Å². The number of alkyl carbamates (subject to hydrolysis) is 1. The first-order chi connectivity index (χ1) is 8.90. The molecule has 1 unspecified atom stereocenters. The van der Waals surface area contributed by atoms with Crippen LogP contribution >= 0.6 is 0 Å². The lowest BCUT2D eigenvalue weighted by Crippen LogP contribution is -2.36. The van der Waals surface area contributed by atoms with Gasteiger partial charge in [0.2, 0.25) is 0 Å². The van der Waals surface area contributed by atoms with Crippen molar-refractivity contribution < 1.29 is 14.6 Å². The highest BCUT2D eigenvalue weighted by molar-refractivity contribution is 5.67. The highest BCUT2D eigenvalue weighted by atomic mass is 16.6. The lowest BCUT2D eigenvalue weighted by atomic mass is 10.0. The molecule has 1 amide bonds. The number of rotatable bonds is 5. The van der Waals surface area contributed by atoms with Crippen molar-refractivity contribution in [2.24, 2.45) is 5.92 Å². The van der Waals surface area contributed by atoms with Gasteiger partial charge >= 0.3 is 6.09 Å². The molecule has 0 radical (unpaired) electrons. The molecule has 0 bridgehead atoms. The molecule has 0 fully saturated rings. The maximum atomic E-state index is 11.5. The molecule has 0 aliphatic heterocycles. The fraction of sp³-hybridized carbons (Fsp3) is 0.571. The van der Waals surface area contributed by atoms with E-state index in [1.54, 1.807) is 6.20 Å². The normalized spacial score (nSPS) is 12.8. The van der Waals surface area contributed by atoms with Crippen LogP contribution in [-0.4, -0.2) is 34.9 Å². The SMILES string of the molecule is CC(C)(C)OC(=O)NCC(CO)Cc1ccccn1. The third kappa shape index (κ3) is 6.76. The van der Waals surface area contributed by atoms with Crippen molar-refractivity contribution in [2.75, 3.05) is 13.2 Å². The van der Waals surface area contributed by atoms with E-state index >= 15 is 0 Å². The van der Waals surface area contributed by atoms with E-state index in [9.17, 15) is 9.90 Å². The molecule has 1 rings (SSSR count). The molecule has 1 atom stereocenters. The van der Waals surface area contributed by atoms with Crippen molar-refractivity contribution in [2.45, 2.75) is 32.8 Å². The third-order valence-electron chi connectivity index (χ3n) is 2.42. The van der Waals surface area contributed by atoms with Gasteiger partial charge in [0.05, 0.1) is 0 Å². The standard InChI is InChI=1S/C14H22N2O3/c1-14(2,3)19-13(18)16-9-11(10-17)8-12-6-4-5-7-15-12/h4-7,11,17H,8-10H2,1-3H3,(H,16,18). The molecule has 0 saturated carbocycles. The second-order valence-corrected chi connectivity index (χ2v) is 5.46. The van der Waals surface area contributed by atoms with Gasteiger partial charge in [-0.15, -0.1) is 0 Å². The van der Waals surface area contributed by atoms with E-state index in [0.717, 1.165) is 5.69 Å². The number of carbonyl (C=O) groups excluding carboxylic acids is 1. The zero-order valence-corrected chi connectivity index (χ0v) is 11.7. The minimum Gasteiger partial charge on any atom is -0.444 e. The number of aliphatic hydroxyl groups is 1. The molecule has 0 saturated heterocycles. The number of aliphatic hydroxyl groups excluding tert-OH is 1. The predicted octanol–water partition coefficient (Wildman–Crippen LogP) is 1.76. The van der Waals surface area contributed by atoms with E-state index in [-0.39, 0.29) is 12.5 Å². The summed E-state index contributed by atoms with van der Waals surface area (Å²) >= 11 is 0. The molecule has 1 heterocycles. The van der Waals surface area contributed by atoms with Crippen molar-refractivity contribution in [1.29, 1.82) is 0 Å². The van der Waals surface area contributed by atoms with Crippen LogP contribution in [0.15, 0.2) is 24.4 Å². The van der Waals surface area contributed by atoms with Crippen LogP contribution in [0.5, 0.6) is 0 Å². The predicted molar refractivity (Wildman–Crippen MR) is 72.8 cm³/mol. The van der Waals surface area contributed by atoms with Gasteiger partial charge in [-0.05, 0) is 39.3 Å². The number of pyridine rings is 1. The van der Waals surface area contributed by atoms with Crippen molar-refractivity contribution in [1.82, 2.24) is 10.3 Å². The summed E-state index contributed by atoms with van der Waals surface area (Å²) in [6.45, 7) is 5.78. The number of ether oxygens (including phenoxy) is 1. The molecule has 0 aromatic carbocycles. The Morgan fingerprint density at radius 3 is 2.74 bits per heavy atom. The maximum Gasteiger partial charge on any atom is 0.407 e. The molecule has 2 N–H and O–H groups in total. The Labute approximate surface area is 114 Å². The molecule has 0 aliphatic carbocycles. The highest BCUT2D eigenvalue weighted by Gasteiger charge is 2.17. The first-order valence-electron chi connectivity index (χ1n) is 6.38. The second-order valence-electron chi connectivity index (χ2n) is 5.46. The average molecular weight is 266 g/mol. The van der Waals surface area contributed by atoms with Crippen molar-refractivity contribution in [3.63, 3.8) is 0 Å². The lowest BCUT2D eigenvalue weighted by molar-refractivity contribution is 0.0512. The van der Waals surface area contributed by atoms with Gasteiger partial charge in [-0.1, -0.05) is 6.07 Å². The van der Waals surface area contributed by atoms with Gasteiger partial charge in [-0.3, -0.25) is 4.98 Å². The number of aromatic nitrogens is 1. The summed E-state index contributed by atoms with van der Waals surface area (Å²) in [6, 6.07) is 5.64. The van der Waals surface area contributed by atoms with Gasteiger partial charge in [-0.25, -0.2) is 4.79 Å². The molecule has 106 valence electrons. The molecule has 0 aliphatic rings. The number of nitrogens with one attached hydrogen (secondary N) is 1. The van der Waals surface area contributed by atoms with Gasteiger partial charge < -0.3 is 15.2 Å². The van der Waals surface area contributed by atoms with Crippen LogP contribution in [0.25, 0.3) is 0 Å². The third-order valence-corrected chi connectivity index (χ3v) is 2.42. The Kier molecular flexibility index (Phi) is 5.76. The zero-order valence-electron chi connectivity index (χ0n) is 11.7. The molecule has 5 nitrogen and oxygen atoms in total. The fourth-order valence-corrected chi connectivity index (χ4v) is 1.56. The highest BCUT2D eigenvalue weighted by Crippen LogP contribution is 2.08. The number of hydrogen-bond acceptors (Lipinski definition) is 4. The molecule has 1 aromatic heterocycles. The van der Waals surface area contributed by atoms with E-state index in [1.807, 2.05) is 39.0 Å². The first kappa shape index (κ1) is 15.4. The fourth-order valence-electron chi connectivity index (χ4n) is 1.56. The summed E-state index contributed by atoms with van der Waals surface area (Å²) < 4.78 is 5.14. The Balaban J connectivity index is 2.39. The topological polar surface area (TPSA) is 71.5 Å². The van der Waals surface area contributed by atoms with Crippen LogP contribution in [-0.2, 0) is 11.2 Å². The van der Waals surface area contributed by atoms with Crippen LogP contribution < -0.4 is 5.32 Å². The summed E-state index contributed by atoms with van der Waals surface area (Å²) in [5.74, 6) is -0.0672. The monoisotopic (exact) mass is 266 g/mol. The number of nitrogens with zero attached hydrogens (tertiary/aromatic N) is 1. The Morgan fingerprint density at radius 2 is 2.21 bits per heavy atom. The molecular formula is C14H22N2O3. The summed E-state index contributed by atoms with van der Waals surface area (Å²) in [6.07, 6.45) is 1.87. The average Bonchev–Trinajstić information content (AvgIpc) is 2.33. The smallest absolute Gasteiger partial charge is 0.407 e. The van der Waals surface area contributed by atoms with Gasteiger partial charge in [-0.2, -0.15) is 0 Å². The number of carbonyl (C=O) groups is 1. The first-order valence-corrected chi connectivity index (χ1v) is 6.38. The Hall–Kier alpha value is -1.62. The second kappa shape index (κ2) is 7.09. The van der Waals surface area contributed by atoms with E-state index in [0.29, 0.717) is 13.0 Å². The summed E-state index contributed by atoms with van der Waals surface area (Å²) in [4.78, 5) is 15.7. The quantitative estimate of drug-likeness (QED) is 0.852. The summed E-state index contributed by atoms with van der Waals surface area (Å²) in [5, 5.41) is 12.0. The van der Waals surface area contributed by atoms with Gasteiger partial charge in [0.15, 0.2) is 0 Å². The van der Waals surface area contributed by atoms with E-state index < -0.39 is 11.7 Å². The summed E-state index contributed by atoms with van der Waals surface area (Å²) in [5.41, 5.74) is 0.382. The molecular weight excluding hydrogens is 244 g/mol. The van der Waals surface area contributed by atoms with Crippen LogP contribution in [0.4, 0.5) is 4.79 Å². The minimum atomic E-state index is -0.514. The molecule has 1 aromatic rings. The molecule has 19 heavy (non-hydrogen) atoms. The minimum absolute atomic E-state index is 0.00757. The van der Waals surface area contributed by atoms with Crippen LogP contribution in [0, 0.1) is 5.92 Å². The maximum absolute atomic E-state index is 11.5. The Morgan fingerprint density at radius 1 is 1.47 bits per heavy atom. The lowest BCUT2D eigenvalue weighted by Gasteiger charge is -2.21. The van der Waals surface area contributed by atoms with E-state index in [2.05, 4.69) is 10.3 Å². The van der Waals surface area contributed by atoms with Gasteiger partial charge in [0, 0.05) is 31.0 Å². The number of hydrogen-bond donors (Lipinski definition) is 2. The molecule has 5 heteroatoms. The van der Waals surface area contributed by atoms with E-state index in [1.165, 1.54) is 0 Å². The van der Waals surface area contributed by atoms with Gasteiger partial charge in [0.25, 0.3) is 0 Å². The number of amides is 1. The Bertz CT molecular complexity index is 387. The van der Waals surface area contributed by atoms with Crippen LogP contribution in [0.3, 0.4) is 0 Å². The van der Waals surface area contributed by atoms with Crippen LogP contribution in [0.1, 0.15) is 26.5 Å². The van der Waals surface area contributed by atoms with Crippen LogP contribution in [0.2, 0.25) is 0 Å². The largest absolute Gasteiger partial charge is 0.444 e. The van der Waals surface area contributed by atoms with Gasteiger partial charge in [0.1, 0.15) is 5.60 Å². The van der Waals surface area contributed by atoms with Crippen molar-refractivity contribution in [3.05, 3.63) is 30.1 Å². The zero-order chi connectivity index (χ0) is 14.3. The van der Waals surface area contributed by atoms with Crippen molar-refractivity contribution >= 4 is 6.09 Å². The summed E-state index contributed by atoms with van der Waals surface area (Å²) in [7, 11) is 0. The molecule has 0 spiro atoms. The van der Waals surface area contributed by atoms with Crippen molar-refractivity contribution in [3.8, 4) is 0 Å².